The maximum Gasteiger partial charge on any atom is 0.324 e. The van der Waals surface area contributed by atoms with E-state index >= 15 is 0 Å². The number of halogens is 1. The van der Waals surface area contributed by atoms with Crippen LogP contribution < -0.4 is 20.7 Å². The van der Waals surface area contributed by atoms with Crippen LogP contribution in [0.15, 0.2) is 66.9 Å². The minimum atomic E-state index is -0.481. The fourth-order valence-electron chi connectivity index (χ4n) is 3.45. The molecule has 0 bridgehead atoms. The predicted octanol–water partition coefficient (Wildman–Crippen LogP) is 5.90. The van der Waals surface area contributed by atoms with Crippen LogP contribution in [0.1, 0.15) is 38.6 Å². The molecule has 2 heterocycles. The average molecular weight is 517 g/mol. The maximum atomic E-state index is 14.1. The van der Waals surface area contributed by atoms with E-state index in [0.29, 0.717) is 34.0 Å². The molecule has 8 nitrogen and oxygen atoms in total. The second-order valence-electron chi connectivity index (χ2n) is 9.00. The minimum Gasteiger partial charge on any atom is -0.457 e. The zero-order valence-corrected chi connectivity index (χ0v) is 21.8. The summed E-state index contributed by atoms with van der Waals surface area (Å²) in [5.41, 5.74) is 1.82. The summed E-state index contributed by atoms with van der Waals surface area (Å²) in [6.45, 7) is 6.19. The van der Waals surface area contributed by atoms with Gasteiger partial charge in [-0.2, -0.15) is 10.4 Å². The minimum absolute atomic E-state index is 0.242. The van der Waals surface area contributed by atoms with Crippen LogP contribution in [-0.2, 0) is 5.41 Å². The summed E-state index contributed by atoms with van der Waals surface area (Å²) >= 11 is 0. The smallest absolute Gasteiger partial charge is 0.324 e. The molecule has 10 heteroatoms. The van der Waals surface area contributed by atoms with Crippen LogP contribution >= 0.6 is 9.24 Å². The zero-order chi connectivity index (χ0) is 26.6. The molecule has 37 heavy (non-hydrogen) atoms. The van der Waals surface area contributed by atoms with Crippen molar-refractivity contribution in [3.8, 4) is 23.3 Å². The van der Waals surface area contributed by atoms with Crippen molar-refractivity contribution in [2.24, 2.45) is 0 Å². The van der Waals surface area contributed by atoms with Gasteiger partial charge < -0.3 is 10.1 Å². The van der Waals surface area contributed by atoms with Gasteiger partial charge in [0.15, 0.2) is 0 Å². The molecule has 0 saturated carbocycles. The van der Waals surface area contributed by atoms with E-state index in [2.05, 4.69) is 50.7 Å². The first-order chi connectivity index (χ1) is 17.7. The van der Waals surface area contributed by atoms with E-state index in [1.165, 1.54) is 29.1 Å². The van der Waals surface area contributed by atoms with E-state index in [1.807, 2.05) is 6.07 Å². The van der Waals surface area contributed by atoms with E-state index in [1.54, 1.807) is 42.5 Å². The number of nitrogens with one attached hydrogen (secondary N) is 2. The molecular formula is C27H26FN6O2P. The molecule has 0 saturated heterocycles. The molecule has 1 atom stereocenters. The standard InChI is InChI=1S/C27H26FN6O2P/c1-4-27(2,3)24-15-25(34(33-24)20-11-17(28)12-23(37)14-20)32-26(35)31-18-5-7-21(8-6-18)36-22-9-10-30-19(13-22)16-29/h5-15H,4,37H2,1-3H3,(H2,31,32,35). The van der Waals surface area contributed by atoms with E-state index in [4.69, 9.17) is 10.00 Å². The molecular weight excluding hydrogens is 490 g/mol. The molecule has 2 aromatic carbocycles. The molecule has 188 valence electrons. The van der Waals surface area contributed by atoms with Crippen LogP contribution in [-0.4, -0.2) is 20.8 Å². The number of pyridine rings is 1. The Hall–Kier alpha value is -4.28. The van der Waals surface area contributed by atoms with Crippen molar-refractivity contribution in [1.29, 1.82) is 5.26 Å². The topological polar surface area (TPSA) is 105 Å². The van der Waals surface area contributed by atoms with Crippen LogP contribution in [0.2, 0.25) is 0 Å². The van der Waals surface area contributed by atoms with Gasteiger partial charge in [0.2, 0.25) is 0 Å². The third kappa shape index (κ3) is 6.29. The Morgan fingerprint density at radius 1 is 1.11 bits per heavy atom. The van der Waals surface area contributed by atoms with Gasteiger partial charge in [0, 0.05) is 29.4 Å². The van der Waals surface area contributed by atoms with Crippen molar-refractivity contribution in [3.63, 3.8) is 0 Å². The van der Waals surface area contributed by atoms with E-state index in [9.17, 15) is 9.18 Å². The summed E-state index contributed by atoms with van der Waals surface area (Å²) in [4.78, 5) is 16.8. The van der Waals surface area contributed by atoms with Gasteiger partial charge >= 0.3 is 6.03 Å². The van der Waals surface area contributed by atoms with Gasteiger partial charge in [-0.05, 0) is 60.3 Å². The summed E-state index contributed by atoms with van der Waals surface area (Å²) < 4.78 is 21.4. The molecule has 4 rings (SSSR count). The van der Waals surface area contributed by atoms with Crippen molar-refractivity contribution in [2.75, 3.05) is 10.6 Å². The summed E-state index contributed by atoms with van der Waals surface area (Å²) in [6, 6.07) is 17.8. The lowest BCUT2D eigenvalue weighted by Crippen LogP contribution is -2.21. The van der Waals surface area contributed by atoms with Crippen LogP contribution in [0.5, 0.6) is 11.5 Å². The van der Waals surface area contributed by atoms with Crippen LogP contribution in [0.3, 0.4) is 0 Å². The van der Waals surface area contributed by atoms with Gasteiger partial charge in [0.25, 0.3) is 0 Å². The Balaban J connectivity index is 1.51. The number of urea groups is 1. The van der Waals surface area contributed by atoms with Gasteiger partial charge in [-0.3, -0.25) is 5.32 Å². The van der Waals surface area contributed by atoms with Crippen molar-refractivity contribution < 1.29 is 13.9 Å². The number of nitrogens with zero attached hydrogens (tertiary/aromatic N) is 4. The molecule has 0 spiro atoms. The highest BCUT2D eigenvalue weighted by Gasteiger charge is 2.24. The highest BCUT2D eigenvalue weighted by Crippen LogP contribution is 2.30. The molecule has 0 aliphatic rings. The molecule has 0 aliphatic heterocycles. The number of rotatable bonds is 7. The number of carbonyl (C=O) groups is 1. The number of hydrogen-bond acceptors (Lipinski definition) is 5. The lowest BCUT2D eigenvalue weighted by molar-refractivity contribution is 0.262. The predicted molar refractivity (Wildman–Crippen MR) is 144 cm³/mol. The number of benzene rings is 2. The SMILES string of the molecule is CCC(C)(C)c1cc(NC(=O)Nc2ccc(Oc3ccnc(C#N)c3)cc2)n(-c2cc(F)cc(P)c2)n1. The lowest BCUT2D eigenvalue weighted by atomic mass is 9.87. The first kappa shape index (κ1) is 25.8. The monoisotopic (exact) mass is 516 g/mol. The van der Waals surface area contributed by atoms with Crippen molar-refractivity contribution in [1.82, 2.24) is 14.8 Å². The number of anilines is 2. The van der Waals surface area contributed by atoms with Gasteiger partial charge in [0.05, 0.1) is 11.4 Å². The Morgan fingerprint density at radius 3 is 2.54 bits per heavy atom. The fourth-order valence-corrected chi connectivity index (χ4v) is 3.78. The van der Waals surface area contributed by atoms with Crippen molar-refractivity contribution in [3.05, 3.63) is 84.1 Å². The third-order valence-corrected chi connectivity index (χ3v) is 6.20. The number of ether oxygens (including phenoxy) is 1. The number of hydrogen-bond donors (Lipinski definition) is 2. The van der Waals surface area contributed by atoms with Crippen LogP contribution in [0.4, 0.5) is 20.7 Å². The largest absolute Gasteiger partial charge is 0.457 e. The summed E-state index contributed by atoms with van der Waals surface area (Å²) in [6.07, 6.45) is 2.33. The summed E-state index contributed by atoms with van der Waals surface area (Å²) in [5, 5.41) is 19.9. The highest BCUT2D eigenvalue weighted by molar-refractivity contribution is 7.27. The number of aromatic nitrogens is 3. The van der Waals surface area contributed by atoms with Crippen molar-refractivity contribution in [2.45, 2.75) is 32.6 Å². The van der Waals surface area contributed by atoms with Crippen LogP contribution in [0, 0.1) is 17.1 Å². The average Bonchev–Trinajstić information content (AvgIpc) is 3.29. The number of nitriles is 1. The Labute approximate surface area is 216 Å². The Kier molecular flexibility index (Phi) is 7.51. The van der Waals surface area contributed by atoms with E-state index in [-0.39, 0.29) is 11.1 Å². The quantitative estimate of drug-likeness (QED) is 0.298. The lowest BCUT2D eigenvalue weighted by Gasteiger charge is -2.19. The fraction of sp³-hybridized carbons (Fsp3) is 0.185. The number of amides is 2. The van der Waals surface area contributed by atoms with Gasteiger partial charge in [-0.1, -0.05) is 20.8 Å². The first-order valence-corrected chi connectivity index (χ1v) is 12.1. The summed E-state index contributed by atoms with van der Waals surface area (Å²) in [7, 11) is 2.48. The highest BCUT2D eigenvalue weighted by atomic mass is 31.0. The number of carbonyl (C=O) groups excluding carboxylic acids is 1. The van der Waals surface area contributed by atoms with Crippen LogP contribution in [0.25, 0.3) is 5.69 Å². The maximum absolute atomic E-state index is 14.1. The normalized spacial score (nSPS) is 11.0. The van der Waals surface area contributed by atoms with Gasteiger partial charge in [0.1, 0.15) is 34.9 Å². The van der Waals surface area contributed by atoms with Crippen molar-refractivity contribution >= 4 is 32.1 Å². The zero-order valence-electron chi connectivity index (χ0n) is 20.6. The molecule has 2 N–H and O–H groups in total. The molecule has 2 amide bonds. The molecule has 1 unspecified atom stereocenters. The molecule has 0 aliphatic carbocycles. The van der Waals surface area contributed by atoms with E-state index < -0.39 is 11.8 Å². The summed E-state index contributed by atoms with van der Waals surface area (Å²) in [5.74, 6) is 1.03. The Bertz CT molecular complexity index is 1460. The third-order valence-electron chi connectivity index (χ3n) is 5.87. The second-order valence-corrected chi connectivity index (χ2v) is 9.67. The van der Waals surface area contributed by atoms with E-state index in [0.717, 1.165) is 12.1 Å². The molecule has 2 aromatic heterocycles. The Morgan fingerprint density at radius 2 is 1.86 bits per heavy atom. The molecule has 0 fully saturated rings. The molecule has 0 radical (unpaired) electrons. The molecule has 4 aromatic rings. The second kappa shape index (κ2) is 10.8. The van der Waals surface area contributed by atoms with Gasteiger partial charge in [-0.15, -0.1) is 9.24 Å². The van der Waals surface area contributed by atoms with Gasteiger partial charge in [-0.25, -0.2) is 18.9 Å². The first-order valence-electron chi connectivity index (χ1n) is 11.6.